The van der Waals surface area contributed by atoms with Crippen molar-refractivity contribution < 1.29 is 18.7 Å². The molecule has 0 unspecified atom stereocenters. The Balaban J connectivity index is 1.27. The van der Waals surface area contributed by atoms with Crippen LogP contribution in [0.3, 0.4) is 0 Å². The Morgan fingerprint density at radius 2 is 2.09 bits per heavy atom. The van der Waals surface area contributed by atoms with Gasteiger partial charge < -0.3 is 19.5 Å². The SMILES string of the molecule is CCOC(=O)c1c(NC(=O)CSc2nnc(-c3c[nH]c4ccccc34)o2)sc2c1CCCC2. The van der Waals surface area contributed by atoms with Crippen molar-refractivity contribution in [1.82, 2.24) is 15.2 Å². The lowest BCUT2D eigenvalue weighted by atomic mass is 9.95. The van der Waals surface area contributed by atoms with E-state index in [2.05, 4.69) is 20.5 Å². The summed E-state index contributed by atoms with van der Waals surface area (Å²) in [4.78, 5) is 29.6. The number of nitrogens with one attached hydrogen (secondary N) is 2. The Labute approximate surface area is 198 Å². The van der Waals surface area contributed by atoms with E-state index in [0.717, 1.165) is 64.4 Å². The minimum absolute atomic E-state index is 0.0837. The first-order valence-electron chi connectivity index (χ1n) is 10.8. The van der Waals surface area contributed by atoms with Crippen LogP contribution in [0.2, 0.25) is 0 Å². The molecule has 33 heavy (non-hydrogen) atoms. The van der Waals surface area contributed by atoms with Crippen LogP contribution in [-0.2, 0) is 22.4 Å². The molecule has 0 radical (unpaired) electrons. The van der Waals surface area contributed by atoms with Gasteiger partial charge >= 0.3 is 5.97 Å². The summed E-state index contributed by atoms with van der Waals surface area (Å²) in [5.74, 6) is -0.137. The minimum Gasteiger partial charge on any atom is -0.462 e. The zero-order valence-electron chi connectivity index (χ0n) is 18.0. The zero-order valence-corrected chi connectivity index (χ0v) is 19.6. The molecule has 4 aromatic rings. The highest BCUT2D eigenvalue weighted by molar-refractivity contribution is 7.99. The molecule has 170 valence electrons. The number of hydrogen-bond acceptors (Lipinski definition) is 8. The summed E-state index contributed by atoms with van der Waals surface area (Å²) < 4.78 is 11.0. The van der Waals surface area contributed by atoms with E-state index in [9.17, 15) is 9.59 Å². The maximum Gasteiger partial charge on any atom is 0.341 e. The fourth-order valence-electron chi connectivity index (χ4n) is 3.99. The highest BCUT2D eigenvalue weighted by atomic mass is 32.2. The lowest BCUT2D eigenvalue weighted by molar-refractivity contribution is -0.113. The normalized spacial score (nSPS) is 13.1. The molecule has 0 saturated carbocycles. The number of aromatic amines is 1. The molecule has 3 aromatic heterocycles. The lowest BCUT2D eigenvalue weighted by Crippen LogP contribution is -2.17. The number of H-pyrrole nitrogens is 1. The molecule has 1 aliphatic rings. The van der Waals surface area contributed by atoms with Gasteiger partial charge in [-0.05, 0) is 44.2 Å². The van der Waals surface area contributed by atoms with Crippen LogP contribution in [0.1, 0.15) is 40.6 Å². The van der Waals surface area contributed by atoms with Crippen LogP contribution >= 0.6 is 23.1 Å². The van der Waals surface area contributed by atoms with Crippen LogP contribution in [0.15, 0.2) is 40.1 Å². The molecule has 1 aliphatic carbocycles. The Kier molecular flexibility index (Phi) is 6.19. The summed E-state index contributed by atoms with van der Waals surface area (Å²) in [7, 11) is 0. The Hall–Kier alpha value is -3.11. The number of rotatable bonds is 7. The highest BCUT2D eigenvalue weighted by Gasteiger charge is 2.27. The van der Waals surface area contributed by atoms with E-state index >= 15 is 0 Å². The smallest absolute Gasteiger partial charge is 0.341 e. The Morgan fingerprint density at radius 3 is 2.97 bits per heavy atom. The number of aryl methyl sites for hydroxylation is 1. The van der Waals surface area contributed by atoms with E-state index in [4.69, 9.17) is 9.15 Å². The second kappa shape index (κ2) is 9.40. The largest absolute Gasteiger partial charge is 0.462 e. The van der Waals surface area contributed by atoms with Crippen molar-refractivity contribution in [2.75, 3.05) is 17.7 Å². The minimum atomic E-state index is -0.375. The molecule has 10 heteroatoms. The number of nitrogens with zero attached hydrogens (tertiary/aromatic N) is 2. The van der Waals surface area contributed by atoms with Crippen LogP contribution in [0, 0.1) is 0 Å². The number of esters is 1. The molecule has 0 fully saturated rings. The van der Waals surface area contributed by atoms with Gasteiger partial charge in [0.25, 0.3) is 11.1 Å². The third-order valence-corrected chi connectivity index (χ3v) is 7.48. The van der Waals surface area contributed by atoms with Crippen molar-refractivity contribution in [2.45, 2.75) is 37.8 Å². The molecule has 2 N–H and O–H groups in total. The first-order valence-corrected chi connectivity index (χ1v) is 12.6. The van der Waals surface area contributed by atoms with Gasteiger partial charge in [-0.15, -0.1) is 21.5 Å². The van der Waals surface area contributed by atoms with Gasteiger partial charge in [-0.3, -0.25) is 4.79 Å². The highest BCUT2D eigenvalue weighted by Crippen LogP contribution is 2.39. The number of aromatic nitrogens is 3. The van der Waals surface area contributed by atoms with Crippen LogP contribution in [0.4, 0.5) is 5.00 Å². The first kappa shape index (κ1) is 21.7. The predicted molar refractivity (Wildman–Crippen MR) is 128 cm³/mol. The number of ether oxygens (including phenoxy) is 1. The number of anilines is 1. The molecule has 3 heterocycles. The zero-order chi connectivity index (χ0) is 22.8. The van der Waals surface area contributed by atoms with Gasteiger partial charge in [0.05, 0.1) is 23.5 Å². The van der Waals surface area contributed by atoms with Crippen molar-refractivity contribution in [3.8, 4) is 11.5 Å². The molecule has 0 spiro atoms. The Morgan fingerprint density at radius 1 is 1.24 bits per heavy atom. The summed E-state index contributed by atoms with van der Waals surface area (Å²) in [6.45, 7) is 2.07. The summed E-state index contributed by atoms with van der Waals surface area (Å²) in [5.41, 5.74) is 3.33. The summed E-state index contributed by atoms with van der Waals surface area (Å²) >= 11 is 2.63. The molecule has 0 saturated heterocycles. The van der Waals surface area contributed by atoms with E-state index < -0.39 is 0 Å². The van der Waals surface area contributed by atoms with Crippen molar-refractivity contribution in [3.63, 3.8) is 0 Å². The molecule has 0 atom stereocenters. The molecule has 5 rings (SSSR count). The number of para-hydroxylation sites is 1. The Bertz CT molecular complexity index is 1320. The van der Waals surface area contributed by atoms with Crippen molar-refractivity contribution in [2.24, 2.45) is 0 Å². The van der Waals surface area contributed by atoms with Crippen LogP contribution in [0.25, 0.3) is 22.4 Å². The molecule has 0 bridgehead atoms. The van der Waals surface area contributed by atoms with Gasteiger partial charge in [-0.2, -0.15) is 0 Å². The van der Waals surface area contributed by atoms with Crippen molar-refractivity contribution >= 4 is 50.9 Å². The lowest BCUT2D eigenvalue weighted by Gasteiger charge is -2.12. The van der Waals surface area contributed by atoms with Crippen molar-refractivity contribution in [3.05, 3.63) is 46.5 Å². The summed E-state index contributed by atoms with van der Waals surface area (Å²) in [6.07, 6.45) is 5.72. The van der Waals surface area contributed by atoms with Gasteiger partial charge in [-0.25, -0.2) is 4.79 Å². The number of thiophene rings is 1. The average Bonchev–Trinajstić information content (AvgIpc) is 3.54. The van der Waals surface area contributed by atoms with Crippen LogP contribution in [-0.4, -0.2) is 39.4 Å². The van der Waals surface area contributed by atoms with E-state index in [1.165, 1.54) is 11.3 Å². The molecule has 8 nitrogen and oxygen atoms in total. The number of fused-ring (bicyclic) bond motifs is 2. The number of thioether (sulfide) groups is 1. The molecule has 1 aromatic carbocycles. The van der Waals surface area contributed by atoms with Gasteiger partial charge in [0.1, 0.15) is 5.00 Å². The number of carbonyl (C=O) groups is 2. The van der Waals surface area contributed by atoms with E-state index in [1.807, 2.05) is 30.5 Å². The second-order valence-corrected chi connectivity index (χ2v) is 9.63. The third kappa shape index (κ3) is 4.40. The fraction of sp³-hybridized carbons (Fsp3) is 0.304. The fourth-order valence-corrected chi connectivity index (χ4v) is 5.85. The topological polar surface area (TPSA) is 110 Å². The molecular formula is C23H22N4O4S2. The van der Waals surface area contributed by atoms with E-state index in [0.29, 0.717) is 28.3 Å². The maximum absolute atomic E-state index is 12.7. The number of hydrogen-bond donors (Lipinski definition) is 2. The predicted octanol–water partition coefficient (Wildman–Crippen LogP) is 5.07. The van der Waals surface area contributed by atoms with Gasteiger partial charge in [-0.1, -0.05) is 30.0 Å². The second-order valence-electron chi connectivity index (χ2n) is 7.59. The quantitative estimate of drug-likeness (QED) is 0.280. The van der Waals surface area contributed by atoms with Gasteiger partial charge in [0.2, 0.25) is 5.91 Å². The van der Waals surface area contributed by atoms with Gasteiger partial charge in [0, 0.05) is 22.0 Å². The van der Waals surface area contributed by atoms with Gasteiger partial charge in [0.15, 0.2) is 0 Å². The molecule has 1 amide bonds. The van der Waals surface area contributed by atoms with E-state index in [-0.39, 0.29) is 17.6 Å². The van der Waals surface area contributed by atoms with Crippen LogP contribution in [0.5, 0.6) is 0 Å². The number of benzene rings is 1. The summed E-state index contributed by atoms with van der Waals surface area (Å²) in [5, 5.41) is 12.9. The molecule has 0 aliphatic heterocycles. The third-order valence-electron chi connectivity index (χ3n) is 5.46. The number of amides is 1. The number of carbonyl (C=O) groups excluding carboxylic acids is 2. The first-order chi connectivity index (χ1) is 16.1. The van der Waals surface area contributed by atoms with E-state index in [1.54, 1.807) is 6.92 Å². The monoisotopic (exact) mass is 482 g/mol. The van der Waals surface area contributed by atoms with Crippen LogP contribution < -0.4 is 5.32 Å². The average molecular weight is 483 g/mol. The summed E-state index contributed by atoms with van der Waals surface area (Å²) in [6, 6.07) is 7.85. The maximum atomic E-state index is 12.7. The van der Waals surface area contributed by atoms with Crippen molar-refractivity contribution in [1.29, 1.82) is 0 Å². The standard InChI is InChI=1S/C23H22N4O4S2/c1-2-30-22(29)19-14-8-4-6-10-17(14)33-21(19)25-18(28)12-32-23-27-26-20(31-23)15-11-24-16-9-5-3-7-13(15)16/h3,5,7,9,11,24H,2,4,6,8,10,12H2,1H3,(H,25,28). The molecular weight excluding hydrogens is 460 g/mol.